The van der Waals surface area contributed by atoms with Gasteiger partial charge in [-0.15, -0.1) is 0 Å². The van der Waals surface area contributed by atoms with Crippen molar-refractivity contribution in [3.8, 4) is 0 Å². The van der Waals surface area contributed by atoms with Gasteiger partial charge < -0.3 is 20.9 Å². The lowest BCUT2D eigenvalue weighted by Crippen LogP contribution is -2.56. The van der Waals surface area contributed by atoms with Crippen molar-refractivity contribution < 1.29 is 9.59 Å². The van der Waals surface area contributed by atoms with Gasteiger partial charge in [-0.3, -0.25) is 14.3 Å². The number of amides is 2. The van der Waals surface area contributed by atoms with Crippen molar-refractivity contribution in [1.29, 1.82) is 0 Å². The van der Waals surface area contributed by atoms with Crippen LogP contribution in [0.5, 0.6) is 0 Å². The lowest BCUT2D eigenvalue weighted by atomic mass is 9.60. The second-order valence-electron chi connectivity index (χ2n) is 14.8. The number of nitrogens with one attached hydrogen (secondary N) is 4. The highest BCUT2D eigenvalue weighted by molar-refractivity contribution is 7.97. The molecular weight excluding hydrogens is 558 g/mol. The van der Waals surface area contributed by atoms with Gasteiger partial charge in [0.25, 0.3) is 5.91 Å². The molecule has 10 heteroatoms. The van der Waals surface area contributed by atoms with Crippen LogP contribution in [0.3, 0.4) is 0 Å². The number of fused-ring (bicyclic) bond motifs is 6. The van der Waals surface area contributed by atoms with Crippen LogP contribution in [0.1, 0.15) is 95.6 Å². The average Bonchev–Trinajstić information content (AvgIpc) is 3.26. The van der Waals surface area contributed by atoms with E-state index in [0.29, 0.717) is 34.2 Å². The Morgan fingerprint density at radius 1 is 1.05 bits per heavy atom. The Hall–Kier alpha value is -2.85. The fourth-order valence-corrected chi connectivity index (χ4v) is 8.11. The lowest BCUT2D eigenvalue weighted by Gasteiger charge is -2.50. The van der Waals surface area contributed by atoms with Crippen molar-refractivity contribution in [2.45, 2.75) is 108 Å². The highest BCUT2D eigenvalue weighted by Gasteiger charge is 2.46. The van der Waals surface area contributed by atoms with Crippen molar-refractivity contribution in [2.24, 2.45) is 11.3 Å². The zero-order valence-corrected chi connectivity index (χ0v) is 27.1. The molecule has 2 aromatic heterocycles. The third-order valence-electron chi connectivity index (χ3n) is 9.95. The standard InChI is InChI=1S/C33H47N7O2S/c1-31(2,3)25-12-10-23-28(37-25)40-20-21(17-32(40,4)5)9-11-24(36-26-7-6-8-27(38-26)43-39-29(23)41)30(42)35-22-18-33(19-22)13-15-34-16-14-33/h6-8,10,12,21-22,24,34H,9,11,13-20H2,1-5H3,(H,35,42)(H,36,38)(H,39,41)/t21-,24?/m0/s1. The Morgan fingerprint density at radius 3 is 2.56 bits per heavy atom. The quantitative estimate of drug-likeness (QED) is 0.353. The molecular formula is C33H47N7O2S. The molecule has 3 aliphatic heterocycles. The second kappa shape index (κ2) is 11.6. The number of anilines is 2. The van der Waals surface area contributed by atoms with Gasteiger partial charge in [0.15, 0.2) is 0 Å². The molecule has 0 aromatic carbocycles. The van der Waals surface area contributed by atoms with Gasteiger partial charge in [-0.05, 0) is 107 Å². The Labute approximate surface area is 260 Å². The maximum absolute atomic E-state index is 13.7. The molecule has 2 saturated heterocycles. The molecule has 4 N–H and O–H groups in total. The van der Waals surface area contributed by atoms with Crippen LogP contribution in [0.4, 0.5) is 11.6 Å². The summed E-state index contributed by atoms with van der Waals surface area (Å²) in [5, 5.41) is 11.0. The topological polar surface area (TPSA) is 111 Å². The smallest absolute Gasteiger partial charge is 0.265 e. The summed E-state index contributed by atoms with van der Waals surface area (Å²) in [5.41, 5.74) is 1.61. The number of nitrogens with zero attached hydrogens (tertiary/aromatic N) is 3. The van der Waals surface area contributed by atoms with Gasteiger partial charge in [0.1, 0.15) is 22.7 Å². The number of pyridine rings is 2. The fourth-order valence-electron chi connectivity index (χ4n) is 7.51. The predicted octanol–water partition coefficient (Wildman–Crippen LogP) is 5.04. The summed E-state index contributed by atoms with van der Waals surface area (Å²) < 4.78 is 3.00. The minimum atomic E-state index is -0.382. The first-order chi connectivity index (χ1) is 20.4. The van der Waals surface area contributed by atoms with E-state index in [1.807, 2.05) is 30.3 Å². The van der Waals surface area contributed by atoms with Crippen LogP contribution in [0.25, 0.3) is 0 Å². The summed E-state index contributed by atoms with van der Waals surface area (Å²) in [4.78, 5) is 39.5. The zero-order chi connectivity index (χ0) is 30.4. The Morgan fingerprint density at radius 2 is 1.81 bits per heavy atom. The summed E-state index contributed by atoms with van der Waals surface area (Å²) in [7, 11) is 0. The largest absolute Gasteiger partial charge is 0.358 e. The van der Waals surface area contributed by atoms with Crippen molar-refractivity contribution in [2.75, 3.05) is 29.9 Å². The number of carbonyl (C=O) groups excluding carboxylic acids is 2. The SMILES string of the molecule is CC(C)(C)c1ccc2c(n1)N1C[C@@H](CCC(C(=O)NC3CC4(CCNCC4)C3)Nc3cccc(n3)SNC2=O)CC1(C)C. The second-order valence-corrected chi connectivity index (χ2v) is 15.7. The first-order valence-electron chi connectivity index (χ1n) is 15.9. The molecule has 6 rings (SSSR count). The third-order valence-corrected chi connectivity index (χ3v) is 10.7. The van der Waals surface area contributed by atoms with E-state index in [1.54, 1.807) is 0 Å². The highest BCUT2D eigenvalue weighted by Crippen LogP contribution is 2.48. The van der Waals surface area contributed by atoms with Crippen molar-refractivity contribution >= 4 is 35.4 Å². The van der Waals surface area contributed by atoms with E-state index in [-0.39, 0.29) is 34.9 Å². The average molecular weight is 606 g/mol. The summed E-state index contributed by atoms with van der Waals surface area (Å²) in [5.74, 6) is 1.61. The minimum absolute atomic E-state index is 0.0576. The number of hydrogen-bond donors (Lipinski definition) is 4. The molecule has 1 unspecified atom stereocenters. The molecule has 3 fully saturated rings. The Bertz CT molecular complexity index is 1360. The summed E-state index contributed by atoms with van der Waals surface area (Å²) >= 11 is 1.19. The molecule has 232 valence electrons. The van der Waals surface area contributed by atoms with Gasteiger partial charge >= 0.3 is 0 Å². The molecule has 1 saturated carbocycles. The molecule has 4 bridgehead atoms. The molecule has 43 heavy (non-hydrogen) atoms. The molecule has 2 amide bonds. The molecule has 9 nitrogen and oxygen atoms in total. The van der Waals surface area contributed by atoms with E-state index < -0.39 is 0 Å². The van der Waals surface area contributed by atoms with Crippen LogP contribution in [0.2, 0.25) is 0 Å². The molecule has 4 aliphatic rings. The van der Waals surface area contributed by atoms with Crippen LogP contribution in [-0.4, -0.2) is 59.0 Å². The summed E-state index contributed by atoms with van der Waals surface area (Å²) in [6, 6.07) is 9.42. The van der Waals surface area contributed by atoms with Gasteiger partial charge in [-0.2, -0.15) is 0 Å². The van der Waals surface area contributed by atoms with Gasteiger partial charge in [-0.1, -0.05) is 26.8 Å². The van der Waals surface area contributed by atoms with E-state index >= 15 is 0 Å². The Balaban J connectivity index is 1.26. The fraction of sp³-hybridized carbons (Fsp3) is 0.636. The van der Waals surface area contributed by atoms with Gasteiger partial charge in [-0.25, -0.2) is 9.97 Å². The van der Waals surface area contributed by atoms with Gasteiger partial charge in [0.2, 0.25) is 5.91 Å². The summed E-state index contributed by atoms with van der Waals surface area (Å²) in [6.07, 6.45) is 7.12. The molecule has 0 radical (unpaired) electrons. The number of rotatable bonds is 2. The van der Waals surface area contributed by atoms with Gasteiger partial charge in [0, 0.05) is 41.2 Å². The van der Waals surface area contributed by atoms with Crippen LogP contribution >= 0.6 is 11.9 Å². The Kier molecular flexibility index (Phi) is 8.13. The van der Waals surface area contributed by atoms with E-state index in [9.17, 15) is 9.59 Å². The van der Waals surface area contributed by atoms with Crippen LogP contribution in [-0.2, 0) is 10.2 Å². The van der Waals surface area contributed by atoms with E-state index in [4.69, 9.17) is 9.97 Å². The van der Waals surface area contributed by atoms with E-state index in [2.05, 4.69) is 60.2 Å². The maximum Gasteiger partial charge on any atom is 0.265 e. The normalized spacial score (nSPS) is 25.4. The molecule has 5 heterocycles. The molecule has 2 atom stereocenters. The van der Waals surface area contributed by atoms with Crippen LogP contribution < -0.4 is 25.6 Å². The van der Waals surface area contributed by atoms with Crippen molar-refractivity contribution in [1.82, 2.24) is 25.3 Å². The van der Waals surface area contributed by atoms with Crippen molar-refractivity contribution in [3.05, 3.63) is 41.6 Å². The predicted molar refractivity (Wildman–Crippen MR) is 172 cm³/mol. The molecule has 1 aliphatic carbocycles. The van der Waals surface area contributed by atoms with Crippen LogP contribution in [0, 0.1) is 11.3 Å². The lowest BCUT2D eigenvalue weighted by molar-refractivity contribution is -0.124. The number of piperidine rings is 1. The number of carbonyl (C=O) groups is 2. The first-order valence-corrected chi connectivity index (χ1v) is 16.7. The van der Waals surface area contributed by atoms with E-state index in [1.165, 1.54) is 24.8 Å². The number of hydrogen-bond acceptors (Lipinski definition) is 8. The van der Waals surface area contributed by atoms with Crippen LogP contribution in [0.15, 0.2) is 35.4 Å². The maximum atomic E-state index is 13.7. The first kappa shape index (κ1) is 30.2. The van der Waals surface area contributed by atoms with Crippen molar-refractivity contribution in [3.63, 3.8) is 0 Å². The zero-order valence-electron chi connectivity index (χ0n) is 26.3. The minimum Gasteiger partial charge on any atom is -0.358 e. The molecule has 1 spiro atoms. The van der Waals surface area contributed by atoms with Gasteiger partial charge in [0.05, 0.1) is 5.56 Å². The molecule has 2 aromatic rings. The summed E-state index contributed by atoms with van der Waals surface area (Å²) in [6.45, 7) is 13.9. The number of aromatic nitrogens is 2. The monoisotopic (exact) mass is 605 g/mol. The highest BCUT2D eigenvalue weighted by atomic mass is 32.2. The van der Waals surface area contributed by atoms with E-state index in [0.717, 1.165) is 56.8 Å². The third kappa shape index (κ3) is 6.50.